The first-order chi connectivity index (χ1) is 5.40. The van der Waals surface area contributed by atoms with Crippen molar-refractivity contribution in [2.75, 3.05) is 0 Å². The van der Waals surface area contributed by atoms with Gasteiger partial charge in [0.1, 0.15) is 11.1 Å². The fourth-order valence-electron chi connectivity index (χ4n) is 2.33. The molecule has 0 aromatic rings. The fraction of sp³-hybridized carbons (Fsp3) is 0.900. The number of nitrogens with zero attached hydrogens (tertiary/aromatic N) is 1. The molecule has 0 aromatic heterocycles. The van der Waals surface area contributed by atoms with Gasteiger partial charge in [0.25, 0.3) is 0 Å². The molecule has 0 aromatic carbocycles. The van der Waals surface area contributed by atoms with Gasteiger partial charge in [-0.15, -0.1) is 4.53 Å². The molecule has 0 spiro atoms. The molecule has 0 unspecified atom stereocenters. The van der Waals surface area contributed by atoms with Gasteiger partial charge in [-0.25, -0.2) is 0 Å². The van der Waals surface area contributed by atoms with E-state index in [0.29, 0.717) is 0 Å². The normalized spacial score (nSPS) is 26.8. The van der Waals surface area contributed by atoms with Crippen LogP contribution in [-0.4, -0.2) is 22.9 Å². The minimum atomic E-state index is 0.128. The van der Waals surface area contributed by atoms with Gasteiger partial charge >= 0.3 is 6.79 Å². The molecule has 0 aliphatic carbocycles. The Morgan fingerprint density at radius 2 is 1.50 bits per heavy atom. The zero-order valence-corrected chi connectivity index (χ0v) is 8.68. The largest absolute Gasteiger partial charge is 0.326 e. The second-order valence-corrected chi connectivity index (χ2v) is 4.90. The van der Waals surface area contributed by atoms with E-state index < -0.39 is 0 Å². The number of rotatable bonds is 1. The van der Waals surface area contributed by atoms with Gasteiger partial charge in [-0.1, -0.05) is 0 Å². The maximum absolute atomic E-state index is 5.20. The fourth-order valence-corrected chi connectivity index (χ4v) is 2.33. The molecule has 2 nitrogen and oxygen atoms in total. The van der Waals surface area contributed by atoms with Crippen LogP contribution < -0.4 is 0 Å². The van der Waals surface area contributed by atoms with Crippen molar-refractivity contribution in [1.82, 2.24) is 5.06 Å². The molecule has 1 rings (SSSR count). The number of piperidine rings is 1. The Kier molecular flexibility index (Phi) is 2.19. The summed E-state index contributed by atoms with van der Waals surface area (Å²) in [7, 11) is 0. The predicted octanol–water partition coefficient (Wildman–Crippen LogP) is 2.31. The molecule has 0 atom stereocenters. The van der Waals surface area contributed by atoms with Crippen LogP contribution in [-0.2, 0) is 4.53 Å². The van der Waals surface area contributed by atoms with Crippen LogP contribution >= 0.6 is 0 Å². The Morgan fingerprint density at radius 1 is 1.08 bits per heavy atom. The van der Waals surface area contributed by atoms with Gasteiger partial charge in [0.05, 0.1) is 0 Å². The Bertz CT molecular complexity index is 168. The summed E-state index contributed by atoms with van der Waals surface area (Å²) in [5.41, 5.74) is 0.257. The van der Waals surface area contributed by atoms with Crippen molar-refractivity contribution in [3.8, 4) is 0 Å². The lowest BCUT2D eigenvalue weighted by Gasteiger charge is -2.42. The van der Waals surface area contributed by atoms with Gasteiger partial charge in [0.15, 0.2) is 0 Å². The Hall–Kier alpha value is -0.530. The van der Waals surface area contributed by atoms with Gasteiger partial charge in [0, 0.05) is 0 Å². The van der Waals surface area contributed by atoms with Gasteiger partial charge in [-0.05, 0) is 52.0 Å². The standard InChI is InChI=1S/C10H20NO/c1-9(2)7-6-8-10(3,4)11(9)12-5/h5-8H2,1-4H3/q+1. The Labute approximate surface area is 75.2 Å². The van der Waals surface area contributed by atoms with E-state index >= 15 is 0 Å². The zero-order valence-electron chi connectivity index (χ0n) is 8.68. The quantitative estimate of drug-likeness (QED) is 0.551. The summed E-state index contributed by atoms with van der Waals surface area (Å²) in [5, 5.41) is 2.03. The monoisotopic (exact) mass is 170 g/mol. The van der Waals surface area contributed by atoms with Crippen LogP contribution in [0.25, 0.3) is 0 Å². The average molecular weight is 170 g/mol. The lowest BCUT2D eigenvalue weighted by Crippen LogP contribution is -2.56. The molecule has 0 bridgehead atoms. The summed E-state index contributed by atoms with van der Waals surface area (Å²) in [4.78, 5) is 0. The van der Waals surface area contributed by atoms with Crippen LogP contribution in [0.1, 0.15) is 47.0 Å². The molecule has 1 aliphatic heterocycles. The van der Waals surface area contributed by atoms with Crippen LogP contribution in [0.5, 0.6) is 0 Å². The van der Waals surface area contributed by atoms with Gasteiger partial charge in [-0.2, -0.15) is 0 Å². The van der Waals surface area contributed by atoms with Gasteiger partial charge in [-0.3, -0.25) is 0 Å². The molecule has 12 heavy (non-hydrogen) atoms. The van der Waals surface area contributed by atoms with Crippen molar-refractivity contribution in [2.45, 2.75) is 58.0 Å². The van der Waals surface area contributed by atoms with E-state index in [-0.39, 0.29) is 11.1 Å². The number of hydrogen-bond acceptors (Lipinski definition) is 1. The molecular formula is C10H20NO+. The van der Waals surface area contributed by atoms with Crippen molar-refractivity contribution in [2.24, 2.45) is 0 Å². The smallest absolute Gasteiger partial charge is 0.116 e. The first-order valence-electron chi connectivity index (χ1n) is 4.63. The van der Waals surface area contributed by atoms with E-state index in [1.807, 2.05) is 5.06 Å². The highest BCUT2D eigenvalue weighted by molar-refractivity contribution is 5.12. The van der Waals surface area contributed by atoms with E-state index in [0.717, 1.165) is 0 Å². The van der Waals surface area contributed by atoms with Gasteiger partial charge in [0.2, 0.25) is 0 Å². The van der Waals surface area contributed by atoms with Crippen LogP contribution in [0, 0.1) is 0 Å². The summed E-state index contributed by atoms with van der Waals surface area (Å²) < 4.78 is 5.20. The van der Waals surface area contributed by atoms with E-state index in [2.05, 4.69) is 34.5 Å². The molecule has 0 radical (unpaired) electrons. The minimum absolute atomic E-state index is 0.128. The first-order valence-corrected chi connectivity index (χ1v) is 4.63. The molecule has 1 saturated heterocycles. The van der Waals surface area contributed by atoms with Crippen molar-refractivity contribution >= 4 is 6.79 Å². The minimum Gasteiger partial charge on any atom is -0.116 e. The summed E-state index contributed by atoms with van der Waals surface area (Å²) in [6.07, 6.45) is 3.65. The highest BCUT2D eigenvalue weighted by Crippen LogP contribution is 2.36. The molecule has 1 aliphatic rings. The maximum Gasteiger partial charge on any atom is 0.326 e. The van der Waals surface area contributed by atoms with E-state index in [1.165, 1.54) is 19.3 Å². The summed E-state index contributed by atoms with van der Waals surface area (Å²) >= 11 is 0. The van der Waals surface area contributed by atoms with Crippen LogP contribution in [0.4, 0.5) is 0 Å². The first kappa shape index (κ1) is 9.56. The molecule has 2 heteroatoms. The molecule has 0 saturated carbocycles. The van der Waals surface area contributed by atoms with Gasteiger partial charge < -0.3 is 0 Å². The predicted molar refractivity (Wildman–Crippen MR) is 51.0 cm³/mol. The van der Waals surface area contributed by atoms with Crippen molar-refractivity contribution in [3.05, 3.63) is 0 Å². The Morgan fingerprint density at radius 3 is 1.75 bits per heavy atom. The molecule has 0 N–H and O–H groups in total. The van der Waals surface area contributed by atoms with Crippen molar-refractivity contribution < 1.29 is 4.53 Å². The average Bonchev–Trinajstić information content (AvgIpc) is 1.83. The topological polar surface area (TPSA) is 14.5 Å². The third-order valence-electron chi connectivity index (χ3n) is 2.81. The third kappa shape index (κ3) is 1.47. The van der Waals surface area contributed by atoms with E-state index in [4.69, 9.17) is 4.53 Å². The SMILES string of the molecule is C=[O+]N1C(C)(C)CCCC1(C)C. The molecular weight excluding hydrogens is 150 g/mol. The second kappa shape index (κ2) is 2.75. The second-order valence-electron chi connectivity index (χ2n) is 4.90. The Balaban J connectivity index is 2.88. The number of hydroxylamine groups is 2. The van der Waals surface area contributed by atoms with E-state index in [9.17, 15) is 0 Å². The summed E-state index contributed by atoms with van der Waals surface area (Å²) in [5.74, 6) is 0. The van der Waals surface area contributed by atoms with E-state index in [1.54, 1.807) is 0 Å². The summed E-state index contributed by atoms with van der Waals surface area (Å²) in [6, 6.07) is 0. The third-order valence-corrected chi connectivity index (χ3v) is 2.81. The highest BCUT2D eigenvalue weighted by Gasteiger charge is 2.47. The van der Waals surface area contributed by atoms with Crippen LogP contribution in [0.15, 0.2) is 0 Å². The lowest BCUT2D eigenvalue weighted by atomic mass is 9.82. The molecule has 1 fully saturated rings. The zero-order chi connectivity index (χ0) is 9.41. The lowest BCUT2D eigenvalue weighted by molar-refractivity contribution is -0.681. The highest BCUT2D eigenvalue weighted by atomic mass is 16.6. The van der Waals surface area contributed by atoms with Crippen molar-refractivity contribution in [1.29, 1.82) is 0 Å². The van der Waals surface area contributed by atoms with Crippen LogP contribution in [0.2, 0.25) is 0 Å². The number of carbonyl (C=O) groups excluding carboxylic acids is 1. The molecule has 1 heterocycles. The van der Waals surface area contributed by atoms with Crippen LogP contribution in [0.3, 0.4) is 0 Å². The summed E-state index contributed by atoms with van der Waals surface area (Å²) in [6.45, 7) is 12.4. The number of hydrogen-bond donors (Lipinski definition) is 0. The molecule has 0 amide bonds. The molecule has 70 valence electrons. The van der Waals surface area contributed by atoms with Crippen molar-refractivity contribution in [3.63, 3.8) is 0 Å². The maximum atomic E-state index is 5.20.